The minimum Gasteiger partial charge on any atom is -0.480 e. The molecule has 114 valence electrons. The lowest BCUT2D eigenvalue weighted by atomic mass is 10.00. The van der Waals surface area contributed by atoms with Crippen LogP contribution in [0.4, 0.5) is 0 Å². The largest absolute Gasteiger partial charge is 0.480 e. The van der Waals surface area contributed by atoms with Gasteiger partial charge in [-0.3, -0.25) is 14.7 Å². The Balaban J connectivity index is 1.79. The van der Waals surface area contributed by atoms with Gasteiger partial charge in [-0.25, -0.2) is 0 Å². The molecule has 1 atom stereocenters. The van der Waals surface area contributed by atoms with Crippen molar-refractivity contribution in [2.75, 3.05) is 6.54 Å². The van der Waals surface area contributed by atoms with Gasteiger partial charge in [-0.15, -0.1) is 0 Å². The average molecular weight is 296 g/mol. The van der Waals surface area contributed by atoms with Crippen LogP contribution >= 0.6 is 0 Å². The van der Waals surface area contributed by atoms with Gasteiger partial charge in [0.05, 0.1) is 0 Å². The highest BCUT2D eigenvalue weighted by Gasteiger charge is 2.28. The molecule has 3 rings (SSSR count). The van der Waals surface area contributed by atoms with Crippen molar-refractivity contribution in [1.82, 2.24) is 9.88 Å². The van der Waals surface area contributed by atoms with Crippen molar-refractivity contribution in [2.45, 2.75) is 31.8 Å². The van der Waals surface area contributed by atoms with Gasteiger partial charge in [0, 0.05) is 18.9 Å². The van der Waals surface area contributed by atoms with Crippen LogP contribution in [0.2, 0.25) is 0 Å². The van der Waals surface area contributed by atoms with Crippen molar-refractivity contribution in [1.29, 1.82) is 0 Å². The van der Waals surface area contributed by atoms with Crippen LogP contribution in [-0.4, -0.2) is 33.5 Å². The molecule has 0 radical (unpaired) electrons. The third-order valence-electron chi connectivity index (χ3n) is 4.21. The second-order valence-corrected chi connectivity index (χ2v) is 5.76. The van der Waals surface area contributed by atoms with E-state index in [4.69, 9.17) is 0 Å². The SMILES string of the molecule is O=C(O)C1CCCCN1Cc1cccc(-c2cccnc2)c1. The first-order valence-corrected chi connectivity index (χ1v) is 7.70. The zero-order valence-electron chi connectivity index (χ0n) is 12.5. The summed E-state index contributed by atoms with van der Waals surface area (Å²) in [5.41, 5.74) is 3.35. The number of carboxylic acid groups (broad SMARTS) is 1. The van der Waals surface area contributed by atoms with Gasteiger partial charge in [-0.2, -0.15) is 0 Å². The minimum atomic E-state index is -0.705. The first kappa shape index (κ1) is 14.7. The van der Waals surface area contributed by atoms with Gasteiger partial charge in [0.25, 0.3) is 0 Å². The molecule has 22 heavy (non-hydrogen) atoms. The Bertz CT molecular complexity index is 643. The standard InChI is InChI=1S/C18H20N2O2/c21-18(22)17-8-1-2-10-20(17)13-14-5-3-6-15(11-14)16-7-4-9-19-12-16/h3-7,9,11-12,17H,1-2,8,10,13H2,(H,21,22). The van der Waals surface area contributed by atoms with Crippen molar-refractivity contribution in [3.8, 4) is 11.1 Å². The Morgan fingerprint density at radius 1 is 1.23 bits per heavy atom. The maximum Gasteiger partial charge on any atom is 0.320 e. The van der Waals surface area contributed by atoms with Crippen LogP contribution in [-0.2, 0) is 11.3 Å². The van der Waals surface area contributed by atoms with Gasteiger partial charge in [-0.05, 0) is 48.2 Å². The van der Waals surface area contributed by atoms with E-state index >= 15 is 0 Å². The molecule has 4 nitrogen and oxygen atoms in total. The lowest BCUT2D eigenvalue weighted by Gasteiger charge is -2.32. The Labute approximate surface area is 130 Å². The van der Waals surface area contributed by atoms with Crippen LogP contribution in [0.3, 0.4) is 0 Å². The van der Waals surface area contributed by atoms with E-state index in [2.05, 4.69) is 28.1 Å². The summed E-state index contributed by atoms with van der Waals surface area (Å²) in [6, 6.07) is 11.9. The summed E-state index contributed by atoms with van der Waals surface area (Å²) in [5.74, 6) is -0.705. The summed E-state index contributed by atoms with van der Waals surface area (Å²) in [6.07, 6.45) is 6.44. The van der Waals surface area contributed by atoms with Crippen LogP contribution in [0.15, 0.2) is 48.8 Å². The first-order chi connectivity index (χ1) is 10.7. The third kappa shape index (κ3) is 3.34. The van der Waals surface area contributed by atoms with E-state index in [1.54, 1.807) is 6.20 Å². The quantitative estimate of drug-likeness (QED) is 0.941. The van der Waals surface area contributed by atoms with Crippen LogP contribution in [0.5, 0.6) is 0 Å². The molecular weight excluding hydrogens is 276 g/mol. The highest BCUT2D eigenvalue weighted by Crippen LogP contribution is 2.23. The van der Waals surface area contributed by atoms with Gasteiger partial charge >= 0.3 is 5.97 Å². The number of hydrogen-bond donors (Lipinski definition) is 1. The summed E-state index contributed by atoms with van der Waals surface area (Å²) in [6.45, 7) is 1.54. The third-order valence-corrected chi connectivity index (χ3v) is 4.21. The van der Waals surface area contributed by atoms with E-state index < -0.39 is 5.97 Å². The molecule has 1 aliphatic rings. The molecule has 0 amide bonds. The second kappa shape index (κ2) is 6.71. The van der Waals surface area contributed by atoms with E-state index in [9.17, 15) is 9.90 Å². The Morgan fingerprint density at radius 3 is 2.86 bits per heavy atom. The second-order valence-electron chi connectivity index (χ2n) is 5.76. The first-order valence-electron chi connectivity index (χ1n) is 7.70. The predicted molar refractivity (Wildman–Crippen MR) is 85.4 cm³/mol. The molecule has 2 heterocycles. The number of piperidine rings is 1. The number of pyridine rings is 1. The number of hydrogen-bond acceptors (Lipinski definition) is 3. The lowest BCUT2D eigenvalue weighted by Crippen LogP contribution is -2.43. The fraction of sp³-hybridized carbons (Fsp3) is 0.333. The van der Waals surface area contributed by atoms with Crippen molar-refractivity contribution in [3.63, 3.8) is 0 Å². The normalized spacial score (nSPS) is 19.0. The topological polar surface area (TPSA) is 53.4 Å². The highest BCUT2D eigenvalue weighted by atomic mass is 16.4. The zero-order valence-corrected chi connectivity index (χ0v) is 12.5. The van der Waals surface area contributed by atoms with Gasteiger partial charge in [-0.1, -0.05) is 30.7 Å². The van der Waals surface area contributed by atoms with Crippen LogP contribution in [0.25, 0.3) is 11.1 Å². The van der Waals surface area contributed by atoms with Crippen molar-refractivity contribution >= 4 is 5.97 Å². The molecule has 0 spiro atoms. The molecule has 0 aliphatic carbocycles. The van der Waals surface area contributed by atoms with Crippen molar-refractivity contribution in [3.05, 3.63) is 54.4 Å². The van der Waals surface area contributed by atoms with Crippen LogP contribution in [0, 0.1) is 0 Å². The van der Waals surface area contributed by atoms with Gasteiger partial charge in [0.15, 0.2) is 0 Å². The van der Waals surface area contributed by atoms with Crippen molar-refractivity contribution < 1.29 is 9.90 Å². The summed E-state index contributed by atoms with van der Waals surface area (Å²) in [5, 5.41) is 9.37. The number of aromatic nitrogens is 1. The summed E-state index contributed by atoms with van der Waals surface area (Å²) in [7, 11) is 0. The number of aliphatic carboxylic acids is 1. The van der Waals surface area contributed by atoms with Gasteiger partial charge in [0.2, 0.25) is 0 Å². The molecule has 1 saturated heterocycles. The molecule has 4 heteroatoms. The number of carboxylic acids is 1. The Hall–Kier alpha value is -2.20. The molecule has 2 aromatic rings. The Morgan fingerprint density at radius 2 is 2.09 bits per heavy atom. The number of likely N-dealkylation sites (tertiary alicyclic amines) is 1. The molecule has 1 fully saturated rings. The molecule has 0 bridgehead atoms. The molecule has 1 aromatic carbocycles. The molecule has 1 aromatic heterocycles. The number of nitrogens with zero attached hydrogens (tertiary/aromatic N) is 2. The molecule has 1 unspecified atom stereocenters. The smallest absolute Gasteiger partial charge is 0.320 e. The summed E-state index contributed by atoms with van der Waals surface area (Å²) in [4.78, 5) is 17.6. The summed E-state index contributed by atoms with van der Waals surface area (Å²) >= 11 is 0. The van der Waals surface area contributed by atoms with E-state index in [0.717, 1.165) is 42.5 Å². The highest BCUT2D eigenvalue weighted by molar-refractivity contribution is 5.73. The van der Waals surface area contributed by atoms with E-state index in [1.165, 1.54) is 0 Å². The van der Waals surface area contributed by atoms with Crippen LogP contribution in [0.1, 0.15) is 24.8 Å². The van der Waals surface area contributed by atoms with E-state index in [-0.39, 0.29) is 6.04 Å². The van der Waals surface area contributed by atoms with E-state index in [0.29, 0.717) is 6.54 Å². The average Bonchev–Trinajstić information content (AvgIpc) is 2.56. The number of benzene rings is 1. The number of rotatable bonds is 4. The van der Waals surface area contributed by atoms with Gasteiger partial charge < -0.3 is 5.11 Å². The fourth-order valence-electron chi connectivity index (χ4n) is 3.08. The predicted octanol–water partition coefficient (Wildman–Crippen LogP) is 3.19. The molecule has 1 aliphatic heterocycles. The molecule has 0 saturated carbocycles. The minimum absolute atomic E-state index is 0.351. The maximum atomic E-state index is 11.4. The van der Waals surface area contributed by atoms with Crippen LogP contribution < -0.4 is 0 Å². The lowest BCUT2D eigenvalue weighted by molar-refractivity contribution is -0.144. The Kier molecular flexibility index (Phi) is 4.49. The maximum absolute atomic E-state index is 11.4. The van der Waals surface area contributed by atoms with E-state index in [1.807, 2.05) is 24.4 Å². The molecule has 1 N–H and O–H groups in total. The zero-order chi connectivity index (χ0) is 15.4. The summed E-state index contributed by atoms with van der Waals surface area (Å²) < 4.78 is 0. The van der Waals surface area contributed by atoms with Gasteiger partial charge in [0.1, 0.15) is 6.04 Å². The fourth-order valence-corrected chi connectivity index (χ4v) is 3.08. The van der Waals surface area contributed by atoms with Crippen molar-refractivity contribution in [2.24, 2.45) is 0 Å². The molecular formula is C18H20N2O2. The monoisotopic (exact) mass is 296 g/mol. The number of carbonyl (C=O) groups is 1.